The first kappa shape index (κ1) is 18.3. The van der Waals surface area contributed by atoms with E-state index in [1.807, 2.05) is 24.3 Å². The normalized spacial score (nSPS) is 16.5. The first-order valence-corrected chi connectivity index (χ1v) is 9.38. The van der Waals surface area contributed by atoms with Gasteiger partial charge in [0.15, 0.2) is 0 Å². The number of hydrogen-bond donors (Lipinski definition) is 2. The lowest BCUT2D eigenvalue weighted by Gasteiger charge is -2.17. The third-order valence-electron chi connectivity index (χ3n) is 4.50. The first-order chi connectivity index (χ1) is 12.4. The predicted octanol–water partition coefficient (Wildman–Crippen LogP) is 4.39. The number of carboxylic acids is 1. The molecule has 2 aromatic carbocycles. The number of anilines is 1. The van der Waals surface area contributed by atoms with E-state index in [9.17, 15) is 9.59 Å². The second-order valence-electron chi connectivity index (χ2n) is 6.60. The molecule has 0 spiro atoms. The number of aryl methyl sites for hydroxylation is 2. The molecule has 6 heteroatoms. The van der Waals surface area contributed by atoms with E-state index in [0.29, 0.717) is 18.7 Å². The van der Waals surface area contributed by atoms with Crippen LogP contribution in [-0.4, -0.2) is 35.1 Å². The van der Waals surface area contributed by atoms with Crippen LogP contribution >= 0.6 is 11.8 Å². The molecule has 0 aromatic heterocycles. The lowest BCUT2D eigenvalue weighted by atomic mass is 10.1. The number of hydrogen-bond acceptors (Lipinski definition) is 3. The Morgan fingerprint density at radius 3 is 2.54 bits per heavy atom. The molecule has 0 saturated carbocycles. The van der Waals surface area contributed by atoms with Crippen molar-refractivity contribution in [1.82, 2.24) is 4.90 Å². The minimum atomic E-state index is -0.840. The highest BCUT2D eigenvalue weighted by molar-refractivity contribution is 7.99. The molecule has 5 nitrogen and oxygen atoms in total. The number of rotatable bonds is 4. The molecule has 0 radical (unpaired) electrons. The SMILES string of the molecule is Cc1ccc(C)c(Sc2ccc(NC(=O)N3CCC(C(=O)O)C3)cc2)c1. The van der Waals surface area contributed by atoms with Crippen molar-refractivity contribution >= 4 is 29.4 Å². The average Bonchev–Trinajstić information content (AvgIpc) is 3.10. The number of urea groups is 1. The zero-order chi connectivity index (χ0) is 18.7. The second-order valence-corrected chi connectivity index (χ2v) is 7.71. The summed E-state index contributed by atoms with van der Waals surface area (Å²) in [6.45, 7) is 4.91. The van der Waals surface area contributed by atoms with Crippen LogP contribution in [0.2, 0.25) is 0 Å². The Morgan fingerprint density at radius 1 is 1.15 bits per heavy atom. The van der Waals surface area contributed by atoms with E-state index < -0.39 is 11.9 Å². The molecule has 136 valence electrons. The molecule has 1 aliphatic rings. The van der Waals surface area contributed by atoms with Gasteiger partial charge in [-0.2, -0.15) is 0 Å². The number of likely N-dealkylation sites (tertiary alicyclic amines) is 1. The van der Waals surface area contributed by atoms with Gasteiger partial charge in [-0.05, 0) is 61.7 Å². The molecule has 2 aromatic rings. The van der Waals surface area contributed by atoms with Crippen molar-refractivity contribution in [1.29, 1.82) is 0 Å². The first-order valence-electron chi connectivity index (χ1n) is 8.56. The number of carbonyl (C=O) groups is 2. The fraction of sp³-hybridized carbons (Fsp3) is 0.300. The molecule has 26 heavy (non-hydrogen) atoms. The quantitative estimate of drug-likeness (QED) is 0.837. The summed E-state index contributed by atoms with van der Waals surface area (Å²) < 4.78 is 0. The topological polar surface area (TPSA) is 69.6 Å². The average molecular weight is 370 g/mol. The van der Waals surface area contributed by atoms with Crippen molar-refractivity contribution in [3.63, 3.8) is 0 Å². The molecule has 0 aliphatic carbocycles. The van der Waals surface area contributed by atoms with Crippen molar-refractivity contribution in [2.24, 2.45) is 5.92 Å². The summed E-state index contributed by atoms with van der Waals surface area (Å²) in [7, 11) is 0. The Hall–Kier alpha value is -2.47. The van der Waals surface area contributed by atoms with Gasteiger partial charge in [0.1, 0.15) is 0 Å². The molecule has 3 rings (SSSR count). The minimum Gasteiger partial charge on any atom is -0.481 e. The Balaban J connectivity index is 1.60. The maximum absolute atomic E-state index is 12.3. The zero-order valence-corrected chi connectivity index (χ0v) is 15.7. The van der Waals surface area contributed by atoms with Crippen molar-refractivity contribution in [3.8, 4) is 0 Å². The van der Waals surface area contributed by atoms with Crippen LogP contribution in [0.4, 0.5) is 10.5 Å². The van der Waals surface area contributed by atoms with Gasteiger partial charge in [0.05, 0.1) is 5.92 Å². The number of benzene rings is 2. The van der Waals surface area contributed by atoms with Crippen molar-refractivity contribution in [2.75, 3.05) is 18.4 Å². The number of amides is 2. The Morgan fingerprint density at radius 2 is 1.88 bits per heavy atom. The van der Waals surface area contributed by atoms with E-state index >= 15 is 0 Å². The van der Waals surface area contributed by atoms with Gasteiger partial charge in [0, 0.05) is 28.6 Å². The molecule has 2 N–H and O–H groups in total. The van der Waals surface area contributed by atoms with Gasteiger partial charge in [0.2, 0.25) is 0 Å². The van der Waals surface area contributed by atoms with Gasteiger partial charge in [-0.3, -0.25) is 4.79 Å². The van der Waals surface area contributed by atoms with Gasteiger partial charge >= 0.3 is 12.0 Å². The van der Waals surface area contributed by atoms with Crippen LogP contribution in [0.3, 0.4) is 0 Å². The molecule has 0 bridgehead atoms. The standard InChI is InChI=1S/C20H22N2O3S/c1-13-3-4-14(2)18(11-13)26-17-7-5-16(6-8-17)21-20(25)22-10-9-15(12-22)19(23)24/h3-8,11,15H,9-10,12H2,1-2H3,(H,21,25)(H,23,24). The lowest BCUT2D eigenvalue weighted by Crippen LogP contribution is -2.33. The third-order valence-corrected chi connectivity index (χ3v) is 5.67. The molecule has 1 saturated heterocycles. The number of nitrogens with zero attached hydrogens (tertiary/aromatic N) is 1. The van der Waals surface area contributed by atoms with Gasteiger partial charge in [0.25, 0.3) is 0 Å². The van der Waals surface area contributed by atoms with E-state index in [1.54, 1.807) is 16.7 Å². The summed E-state index contributed by atoms with van der Waals surface area (Å²) in [4.78, 5) is 27.1. The van der Waals surface area contributed by atoms with Crippen molar-refractivity contribution in [2.45, 2.75) is 30.1 Å². The van der Waals surface area contributed by atoms with E-state index in [-0.39, 0.29) is 12.6 Å². The number of carbonyl (C=O) groups excluding carboxylic acids is 1. The molecule has 1 unspecified atom stereocenters. The number of aliphatic carboxylic acids is 1. The van der Waals surface area contributed by atoms with Crippen LogP contribution in [0.15, 0.2) is 52.3 Å². The maximum atomic E-state index is 12.3. The van der Waals surface area contributed by atoms with E-state index in [1.165, 1.54) is 16.0 Å². The van der Waals surface area contributed by atoms with Gasteiger partial charge < -0.3 is 15.3 Å². The molecule has 2 amide bonds. The smallest absolute Gasteiger partial charge is 0.321 e. The monoisotopic (exact) mass is 370 g/mol. The summed E-state index contributed by atoms with van der Waals surface area (Å²) in [5.74, 6) is -1.30. The molecular weight excluding hydrogens is 348 g/mol. The highest BCUT2D eigenvalue weighted by atomic mass is 32.2. The fourth-order valence-corrected chi connectivity index (χ4v) is 3.90. The van der Waals surface area contributed by atoms with Gasteiger partial charge in [-0.15, -0.1) is 0 Å². The summed E-state index contributed by atoms with van der Waals surface area (Å²) >= 11 is 1.70. The summed E-state index contributed by atoms with van der Waals surface area (Å²) in [5, 5.41) is 11.9. The number of carboxylic acid groups (broad SMARTS) is 1. The van der Waals surface area contributed by atoms with Crippen LogP contribution in [0.5, 0.6) is 0 Å². The second kappa shape index (κ2) is 7.83. The fourth-order valence-electron chi connectivity index (χ4n) is 2.90. The summed E-state index contributed by atoms with van der Waals surface area (Å²) in [6.07, 6.45) is 0.508. The third kappa shape index (κ3) is 4.38. The highest BCUT2D eigenvalue weighted by Gasteiger charge is 2.30. The molecular formula is C20H22N2O3S. The highest BCUT2D eigenvalue weighted by Crippen LogP contribution is 2.31. The summed E-state index contributed by atoms with van der Waals surface area (Å²) in [5.41, 5.74) is 3.17. The molecule has 1 atom stereocenters. The van der Waals surface area contributed by atoms with Gasteiger partial charge in [-0.1, -0.05) is 23.9 Å². The largest absolute Gasteiger partial charge is 0.481 e. The molecule has 1 fully saturated rings. The predicted molar refractivity (Wildman–Crippen MR) is 103 cm³/mol. The summed E-state index contributed by atoms with van der Waals surface area (Å²) in [6, 6.07) is 13.8. The Kier molecular flexibility index (Phi) is 5.52. The van der Waals surface area contributed by atoms with Crippen LogP contribution in [0.25, 0.3) is 0 Å². The van der Waals surface area contributed by atoms with E-state index in [0.717, 1.165) is 4.90 Å². The minimum absolute atomic E-state index is 0.247. The zero-order valence-electron chi connectivity index (χ0n) is 14.9. The van der Waals surface area contributed by atoms with Gasteiger partial charge in [-0.25, -0.2) is 4.79 Å². The lowest BCUT2D eigenvalue weighted by molar-refractivity contribution is -0.141. The van der Waals surface area contributed by atoms with Crippen LogP contribution < -0.4 is 5.32 Å². The maximum Gasteiger partial charge on any atom is 0.321 e. The van der Waals surface area contributed by atoms with E-state index in [4.69, 9.17) is 5.11 Å². The Bertz CT molecular complexity index is 820. The van der Waals surface area contributed by atoms with Crippen molar-refractivity contribution in [3.05, 3.63) is 53.6 Å². The van der Waals surface area contributed by atoms with Crippen LogP contribution in [0, 0.1) is 19.8 Å². The number of nitrogens with one attached hydrogen (secondary N) is 1. The Labute approximate surface area is 157 Å². The molecule has 1 heterocycles. The van der Waals surface area contributed by atoms with Crippen molar-refractivity contribution < 1.29 is 14.7 Å². The molecule has 1 aliphatic heterocycles. The van der Waals surface area contributed by atoms with E-state index in [2.05, 4.69) is 37.4 Å². The van der Waals surface area contributed by atoms with Crippen LogP contribution in [0.1, 0.15) is 17.5 Å². The van der Waals surface area contributed by atoms with Crippen LogP contribution in [-0.2, 0) is 4.79 Å².